The van der Waals surface area contributed by atoms with E-state index in [1.54, 1.807) is 11.0 Å². The Bertz CT molecular complexity index is 1000. The Hall–Kier alpha value is -3.42. The van der Waals surface area contributed by atoms with E-state index in [1.165, 1.54) is 18.1 Å². The molecular formula is C23H26N4O4. The molecule has 2 aromatic heterocycles. The van der Waals surface area contributed by atoms with E-state index < -0.39 is 0 Å². The normalized spacial score (nSPS) is 14.5. The molecule has 0 saturated carbocycles. The summed E-state index contributed by atoms with van der Waals surface area (Å²) in [6.45, 7) is 3.33. The topological polar surface area (TPSA) is 101 Å². The van der Waals surface area contributed by atoms with Crippen molar-refractivity contribution in [1.82, 2.24) is 20.4 Å². The van der Waals surface area contributed by atoms with E-state index in [-0.39, 0.29) is 24.3 Å². The number of piperidine rings is 1. The fourth-order valence-electron chi connectivity index (χ4n) is 3.68. The number of hydrogen-bond acceptors (Lipinski definition) is 6. The van der Waals surface area contributed by atoms with Crippen molar-refractivity contribution in [1.29, 1.82) is 0 Å². The average Bonchev–Trinajstić information content (AvgIpc) is 3.50. The number of likely N-dealkylation sites (tertiary alicyclic amines) is 1. The molecule has 2 amide bonds. The van der Waals surface area contributed by atoms with Gasteiger partial charge in [-0.1, -0.05) is 36.3 Å². The van der Waals surface area contributed by atoms with Crippen LogP contribution in [0.4, 0.5) is 0 Å². The number of carbonyl (C=O) groups excluding carboxylic acids is 2. The lowest BCUT2D eigenvalue weighted by molar-refractivity contribution is -0.122. The third-order valence-corrected chi connectivity index (χ3v) is 5.57. The summed E-state index contributed by atoms with van der Waals surface area (Å²) in [7, 11) is 0. The van der Waals surface area contributed by atoms with Crippen molar-refractivity contribution in [3.63, 3.8) is 0 Å². The van der Waals surface area contributed by atoms with Gasteiger partial charge in [0, 0.05) is 37.5 Å². The molecular weight excluding hydrogens is 396 g/mol. The van der Waals surface area contributed by atoms with Crippen LogP contribution in [0.3, 0.4) is 0 Å². The molecule has 0 unspecified atom stereocenters. The Balaban J connectivity index is 1.21. The maximum atomic E-state index is 12.3. The van der Waals surface area contributed by atoms with Crippen LogP contribution < -0.4 is 5.32 Å². The van der Waals surface area contributed by atoms with Gasteiger partial charge in [0.2, 0.25) is 17.6 Å². The molecule has 3 heterocycles. The number of nitrogens with zero attached hydrogens (tertiary/aromatic N) is 3. The molecule has 1 fully saturated rings. The first-order valence-electron chi connectivity index (χ1n) is 10.6. The molecule has 0 bridgehead atoms. The molecule has 1 aromatic carbocycles. The van der Waals surface area contributed by atoms with Gasteiger partial charge in [0.1, 0.15) is 6.26 Å². The molecule has 0 aliphatic carbocycles. The van der Waals surface area contributed by atoms with Gasteiger partial charge in [-0.3, -0.25) is 9.59 Å². The largest absolute Gasteiger partial charge is 0.472 e. The fourth-order valence-corrected chi connectivity index (χ4v) is 3.68. The fraction of sp³-hybridized carbons (Fsp3) is 0.391. The second kappa shape index (κ2) is 9.59. The second-order valence-electron chi connectivity index (χ2n) is 7.71. The predicted molar refractivity (Wildman–Crippen MR) is 113 cm³/mol. The Kier molecular flexibility index (Phi) is 6.45. The van der Waals surface area contributed by atoms with Gasteiger partial charge in [-0.05, 0) is 30.9 Å². The number of amides is 2. The highest BCUT2D eigenvalue weighted by Gasteiger charge is 2.25. The standard InChI is InChI=1S/C23H26N4O4/c1-2-16-3-5-17(6-4-16)22-25-21(31-26-22)8-7-20(28)24-19-9-12-27(13-10-19)23(29)18-11-14-30-15-18/h3-6,11,14-15,19H,2,7-10,12-13H2,1H3,(H,24,28). The number of benzene rings is 1. The van der Waals surface area contributed by atoms with Crippen molar-refractivity contribution in [2.24, 2.45) is 0 Å². The van der Waals surface area contributed by atoms with Crippen molar-refractivity contribution in [2.45, 2.75) is 45.1 Å². The summed E-state index contributed by atoms with van der Waals surface area (Å²) in [5, 5.41) is 7.07. The number of furan rings is 1. The third kappa shape index (κ3) is 5.20. The maximum Gasteiger partial charge on any atom is 0.257 e. The zero-order valence-corrected chi connectivity index (χ0v) is 17.5. The van der Waals surface area contributed by atoms with Crippen LogP contribution in [0.1, 0.15) is 48.0 Å². The Labute approximate surface area is 180 Å². The van der Waals surface area contributed by atoms with E-state index in [4.69, 9.17) is 8.94 Å². The summed E-state index contributed by atoms with van der Waals surface area (Å²) in [5.74, 6) is 0.902. The summed E-state index contributed by atoms with van der Waals surface area (Å²) >= 11 is 0. The van der Waals surface area contributed by atoms with Crippen molar-refractivity contribution in [3.8, 4) is 11.4 Å². The monoisotopic (exact) mass is 422 g/mol. The van der Waals surface area contributed by atoms with E-state index in [2.05, 4.69) is 22.4 Å². The average molecular weight is 422 g/mol. The van der Waals surface area contributed by atoms with Gasteiger partial charge < -0.3 is 19.2 Å². The molecule has 8 heteroatoms. The predicted octanol–water partition coefficient (Wildman–Crippen LogP) is 3.25. The van der Waals surface area contributed by atoms with Crippen LogP contribution in [0.2, 0.25) is 0 Å². The first-order chi connectivity index (χ1) is 15.1. The van der Waals surface area contributed by atoms with Gasteiger partial charge in [-0.15, -0.1) is 0 Å². The second-order valence-corrected chi connectivity index (χ2v) is 7.71. The Morgan fingerprint density at radius 3 is 2.61 bits per heavy atom. The van der Waals surface area contributed by atoms with E-state index in [1.807, 2.05) is 24.3 Å². The van der Waals surface area contributed by atoms with Crippen LogP contribution in [0.15, 0.2) is 51.8 Å². The van der Waals surface area contributed by atoms with Gasteiger partial charge in [-0.2, -0.15) is 4.98 Å². The van der Waals surface area contributed by atoms with Crippen molar-refractivity contribution in [2.75, 3.05) is 13.1 Å². The van der Waals surface area contributed by atoms with E-state index in [9.17, 15) is 9.59 Å². The van der Waals surface area contributed by atoms with Gasteiger partial charge in [0.05, 0.1) is 11.8 Å². The number of rotatable bonds is 7. The lowest BCUT2D eigenvalue weighted by atomic mass is 10.0. The molecule has 0 radical (unpaired) electrons. The minimum atomic E-state index is -0.0494. The zero-order chi connectivity index (χ0) is 21.6. The number of hydrogen-bond donors (Lipinski definition) is 1. The number of nitrogens with one attached hydrogen (secondary N) is 1. The molecule has 0 spiro atoms. The maximum absolute atomic E-state index is 12.3. The molecule has 162 valence electrons. The van der Waals surface area contributed by atoms with E-state index in [0.717, 1.165) is 24.8 Å². The summed E-state index contributed by atoms with van der Waals surface area (Å²) in [5.41, 5.74) is 2.71. The van der Waals surface area contributed by atoms with Crippen molar-refractivity contribution < 1.29 is 18.5 Å². The first-order valence-corrected chi connectivity index (χ1v) is 10.6. The highest BCUT2D eigenvalue weighted by molar-refractivity contribution is 5.93. The van der Waals surface area contributed by atoms with Gasteiger partial charge in [-0.25, -0.2) is 0 Å². The molecule has 31 heavy (non-hydrogen) atoms. The molecule has 4 rings (SSSR count). The van der Waals surface area contributed by atoms with Crippen LogP contribution in [-0.4, -0.2) is 46.0 Å². The van der Waals surface area contributed by atoms with Crippen LogP contribution >= 0.6 is 0 Å². The lowest BCUT2D eigenvalue weighted by Gasteiger charge is -2.32. The van der Waals surface area contributed by atoms with E-state index >= 15 is 0 Å². The molecule has 0 atom stereocenters. The summed E-state index contributed by atoms with van der Waals surface area (Å²) < 4.78 is 10.3. The highest BCUT2D eigenvalue weighted by Crippen LogP contribution is 2.18. The lowest BCUT2D eigenvalue weighted by Crippen LogP contribution is -2.46. The number of aryl methyl sites for hydroxylation is 2. The van der Waals surface area contributed by atoms with Crippen LogP contribution in [0, 0.1) is 0 Å². The smallest absolute Gasteiger partial charge is 0.257 e. The minimum Gasteiger partial charge on any atom is -0.472 e. The zero-order valence-electron chi connectivity index (χ0n) is 17.5. The highest BCUT2D eigenvalue weighted by atomic mass is 16.5. The van der Waals surface area contributed by atoms with Crippen LogP contribution in [-0.2, 0) is 17.6 Å². The summed E-state index contributed by atoms with van der Waals surface area (Å²) in [6, 6.07) is 9.78. The Morgan fingerprint density at radius 2 is 1.94 bits per heavy atom. The van der Waals surface area contributed by atoms with Gasteiger partial charge in [0.15, 0.2) is 0 Å². The SMILES string of the molecule is CCc1ccc(-c2noc(CCC(=O)NC3CCN(C(=O)c4ccoc4)CC3)n2)cc1. The quantitative estimate of drug-likeness (QED) is 0.627. The molecule has 1 saturated heterocycles. The summed E-state index contributed by atoms with van der Waals surface area (Å²) in [4.78, 5) is 30.9. The third-order valence-electron chi connectivity index (χ3n) is 5.57. The van der Waals surface area contributed by atoms with Crippen LogP contribution in [0.5, 0.6) is 0 Å². The van der Waals surface area contributed by atoms with E-state index in [0.29, 0.717) is 36.8 Å². The number of aromatic nitrogens is 2. The van der Waals surface area contributed by atoms with Gasteiger partial charge in [0.25, 0.3) is 5.91 Å². The summed E-state index contributed by atoms with van der Waals surface area (Å²) in [6.07, 6.45) is 6.07. The van der Waals surface area contributed by atoms with Gasteiger partial charge >= 0.3 is 0 Å². The Morgan fingerprint density at radius 1 is 1.16 bits per heavy atom. The van der Waals surface area contributed by atoms with Crippen molar-refractivity contribution in [3.05, 3.63) is 59.9 Å². The molecule has 8 nitrogen and oxygen atoms in total. The minimum absolute atomic E-state index is 0.0324. The molecule has 1 aliphatic heterocycles. The number of carbonyl (C=O) groups is 2. The molecule has 1 N–H and O–H groups in total. The molecule has 3 aromatic rings. The first kappa shape index (κ1) is 20.8. The van der Waals surface area contributed by atoms with Crippen molar-refractivity contribution >= 4 is 11.8 Å². The molecule has 1 aliphatic rings. The van der Waals surface area contributed by atoms with Crippen LogP contribution in [0.25, 0.3) is 11.4 Å².